The van der Waals surface area contributed by atoms with Crippen LogP contribution in [0.1, 0.15) is 5.56 Å². The van der Waals surface area contributed by atoms with Crippen LogP contribution < -0.4 is 11.9 Å². The van der Waals surface area contributed by atoms with Crippen LogP contribution in [0.2, 0.25) is 0 Å². The monoisotopic (exact) mass is 125 g/mol. The second kappa shape index (κ2) is 4.00. The van der Waals surface area contributed by atoms with Crippen molar-refractivity contribution in [3.05, 3.63) is 30.1 Å². The van der Waals surface area contributed by atoms with Crippen LogP contribution in [0.3, 0.4) is 0 Å². The van der Waals surface area contributed by atoms with Crippen LogP contribution >= 0.6 is 0 Å². The van der Waals surface area contributed by atoms with Crippen molar-refractivity contribution < 1.29 is 0 Å². The topological polar surface area (TPSA) is 73.9 Å². The summed E-state index contributed by atoms with van der Waals surface area (Å²) in [6, 6.07) is 3.83. The highest BCUT2D eigenvalue weighted by Gasteiger charge is 1.81. The van der Waals surface area contributed by atoms with Gasteiger partial charge in [-0.1, -0.05) is 6.07 Å². The van der Waals surface area contributed by atoms with Gasteiger partial charge in [0.1, 0.15) is 0 Å². The summed E-state index contributed by atoms with van der Waals surface area (Å²) >= 11 is 0. The zero-order valence-electron chi connectivity index (χ0n) is 5.25. The van der Waals surface area contributed by atoms with Gasteiger partial charge in [-0.05, 0) is 11.6 Å². The van der Waals surface area contributed by atoms with Crippen molar-refractivity contribution in [1.29, 1.82) is 0 Å². The van der Waals surface area contributed by atoms with Gasteiger partial charge in [-0.3, -0.25) is 4.98 Å². The molecule has 5 N–H and O–H groups in total. The summed E-state index contributed by atoms with van der Waals surface area (Å²) in [5, 5.41) is 0. The Morgan fingerprint density at radius 2 is 2.33 bits per heavy atom. The highest BCUT2D eigenvalue weighted by Crippen LogP contribution is 1.90. The standard InChI is InChI=1S/C6H8N2.H3N/c7-4-6-2-1-3-8-5-6;/h1-3,5H,4,7H2;1H3. The lowest BCUT2D eigenvalue weighted by Gasteiger charge is -1.89. The van der Waals surface area contributed by atoms with Gasteiger partial charge in [0.05, 0.1) is 0 Å². The highest BCUT2D eigenvalue weighted by atomic mass is 14.6. The molecule has 1 heterocycles. The van der Waals surface area contributed by atoms with Crippen LogP contribution in [0.15, 0.2) is 24.5 Å². The number of hydrogen-bond acceptors (Lipinski definition) is 3. The molecular formula is C6H11N3. The molecule has 0 aromatic carbocycles. The predicted octanol–water partition coefficient (Wildman–Crippen LogP) is 0.702. The van der Waals surface area contributed by atoms with Crippen LogP contribution in [0.4, 0.5) is 0 Å². The summed E-state index contributed by atoms with van der Waals surface area (Å²) in [6.45, 7) is 0.577. The Morgan fingerprint density at radius 3 is 2.67 bits per heavy atom. The lowest BCUT2D eigenvalue weighted by atomic mass is 10.3. The van der Waals surface area contributed by atoms with Crippen molar-refractivity contribution in [3.63, 3.8) is 0 Å². The van der Waals surface area contributed by atoms with Gasteiger partial charge in [0.2, 0.25) is 0 Å². The number of nitrogens with two attached hydrogens (primary N) is 1. The first kappa shape index (κ1) is 8.07. The molecule has 0 radical (unpaired) electrons. The molecular weight excluding hydrogens is 114 g/mol. The minimum absolute atomic E-state index is 0. The number of hydrogen-bond donors (Lipinski definition) is 2. The number of rotatable bonds is 1. The van der Waals surface area contributed by atoms with Gasteiger partial charge >= 0.3 is 0 Å². The SMILES string of the molecule is N.NCc1cccnc1. The molecule has 0 fully saturated rings. The normalized spacial score (nSPS) is 8.11. The maximum absolute atomic E-state index is 5.31. The van der Waals surface area contributed by atoms with Gasteiger partial charge < -0.3 is 11.9 Å². The molecule has 0 aliphatic carbocycles. The molecule has 1 aromatic heterocycles. The molecule has 0 bridgehead atoms. The van der Waals surface area contributed by atoms with Crippen molar-refractivity contribution >= 4 is 0 Å². The molecule has 0 amide bonds. The molecule has 0 saturated carbocycles. The molecule has 0 aliphatic heterocycles. The predicted molar refractivity (Wildman–Crippen MR) is 37.2 cm³/mol. The molecule has 0 saturated heterocycles. The third-order valence-corrected chi connectivity index (χ3v) is 0.958. The van der Waals surface area contributed by atoms with Crippen molar-refractivity contribution in [2.45, 2.75) is 6.54 Å². The Kier molecular flexibility index (Phi) is 3.59. The lowest BCUT2D eigenvalue weighted by Crippen LogP contribution is -1.95. The molecule has 50 valence electrons. The average molecular weight is 125 g/mol. The Hall–Kier alpha value is -0.930. The van der Waals surface area contributed by atoms with Gasteiger partial charge in [-0.15, -0.1) is 0 Å². The summed E-state index contributed by atoms with van der Waals surface area (Å²) in [5.74, 6) is 0. The molecule has 1 aromatic rings. The molecule has 3 nitrogen and oxygen atoms in total. The first-order valence-electron chi connectivity index (χ1n) is 2.52. The first-order chi connectivity index (χ1) is 3.93. The van der Waals surface area contributed by atoms with E-state index in [1.165, 1.54) is 0 Å². The smallest absolute Gasteiger partial charge is 0.0312 e. The average Bonchev–Trinajstić information content (AvgIpc) is 1.90. The second-order valence-corrected chi connectivity index (χ2v) is 1.57. The minimum Gasteiger partial charge on any atom is -0.344 e. The van der Waals surface area contributed by atoms with Gasteiger partial charge in [0.25, 0.3) is 0 Å². The zero-order valence-corrected chi connectivity index (χ0v) is 5.25. The van der Waals surface area contributed by atoms with Gasteiger partial charge in [0.15, 0.2) is 0 Å². The minimum atomic E-state index is 0. The fourth-order valence-corrected chi connectivity index (χ4v) is 0.519. The fraction of sp³-hybridized carbons (Fsp3) is 0.167. The van der Waals surface area contributed by atoms with E-state index in [9.17, 15) is 0 Å². The summed E-state index contributed by atoms with van der Waals surface area (Å²) in [6.07, 6.45) is 3.50. The van der Waals surface area contributed by atoms with Crippen LogP contribution in [0, 0.1) is 0 Å². The van der Waals surface area contributed by atoms with Crippen LogP contribution in [-0.2, 0) is 6.54 Å². The van der Waals surface area contributed by atoms with Crippen molar-refractivity contribution in [3.8, 4) is 0 Å². The summed E-state index contributed by atoms with van der Waals surface area (Å²) in [7, 11) is 0. The third kappa shape index (κ3) is 2.21. The largest absolute Gasteiger partial charge is 0.344 e. The van der Waals surface area contributed by atoms with Crippen LogP contribution in [-0.4, -0.2) is 4.98 Å². The Balaban J connectivity index is 0.000000640. The number of aromatic nitrogens is 1. The molecule has 0 spiro atoms. The maximum atomic E-state index is 5.31. The summed E-state index contributed by atoms with van der Waals surface area (Å²) in [4.78, 5) is 3.88. The van der Waals surface area contributed by atoms with E-state index < -0.39 is 0 Å². The van der Waals surface area contributed by atoms with Gasteiger partial charge in [-0.2, -0.15) is 0 Å². The maximum Gasteiger partial charge on any atom is 0.0312 e. The van der Waals surface area contributed by atoms with Gasteiger partial charge in [0, 0.05) is 18.9 Å². The van der Waals surface area contributed by atoms with Crippen LogP contribution in [0.25, 0.3) is 0 Å². The molecule has 3 heteroatoms. The van der Waals surface area contributed by atoms with Crippen molar-refractivity contribution in [2.24, 2.45) is 5.73 Å². The summed E-state index contributed by atoms with van der Waals surface area (Å²) < 4.78 is 0. The second-order valence-electron chi connectivity index (χ2n) is 1.57. The van der Waals surface area contributed by atoms with E-state index in [1.807, 2.05) is 12.1 Å². The Bertz CT molecular complexity index is 150. The molecule has 0 atom stereocenters. The summed E-state index contributed by atoms with van der Waals surface area (Å²) in [5.41, 5.74) is 6.39. The first-order valence-corrected chi connectivity index (χ1v) is 2.52. The Morgan fingerprint density at radius 1 is 1.56 bits per heavy atom. The molecule has 0 aliphatic rings. The number of pyridine rings is 1. The van der Waals surface area contributed by atoms with E-state index >= 15 is 0 Å². The van der Waals surface area contributed by atoms with E-state index in [0.29, 0.717) is 6.54 Å². The van der Waals surface area contributed by atoms with E-state index in [4.69, 9.17) is 5.73 Å². The van der Waals surface area contributed by atoms with Gasteiger partial charge in [-0.25, -0.2) is 0 Å². The van der Waals surface area contributed by atoms with E-state index in [1.54, 1.807) is 12.4 Å². The highest BCUT2D eigenvalue weighted by molar-refractivity contribution is 5.06. The lowest BCUT2D eigenvalue weighted by molar-refractivity contribution is 1.05. The third-order valence-electron chi connectivity index (χ3n) is 0.958. The van der Waals surface area contributed by atoms with E-state index in [0.717, 1.165) is 5.56 Å². The molecule has 1 rings (SSSR count). The molecule has 0 unspecified atom stereocenters. The zero-order chi connectivity index (χ0) is 5.82. The quantitative estimate of drug-likeness (QED) is 0.580. The van der Waals surface area contributed by atoms with Crippen LogP contribution in [0.5, 0.6) is 0 Å². The van der Waals surface area contributed by atoms with Crippen molar-refractivity contribution in [1.82, 2.24) is 11.1 Å². The van der Waals surface area contributed by atoms with E-state index in [2.05, 4.69) is 4.98 Å². The van der Waals surface area contributed by atoms with E-state index in [-0.39, 0.29) is 6.15 Å². The van der Waals surface area contributed by atoms with Crippen molar-refractivity contribution in [2.75, 3.05) is 0 Å². The number of nitrogens with zero attached hydrogens (tertiary/aromatic N) is 1. The Labute approximate surface area is 54.5 Å². The molecule has 9 heavy (non-hydrogen) atoms. The fourth-order valence-electron chi connectivity index (χ4n) is 0.519.